The maximum absolute atomic E-state index is 10.4. The fourth-order valence-electron chi connectivity index (χ4n) is 3.96. The highest BCUT2D eigenvalue weighted by Crippen LogP contribution is 1.90. The molecule has 0 fully saturated rings. The average molecular weight is 905 g/mol. The van der Waals surface area contributed by atoms with Crippen LogP contribution in [-0.4, -0.2) is 258 Å². The van der Waals surface area contributed by atoms with E-state index in [1.165, 1.54) is 0 Å². The second-order valence-corrected chi connectivity index (χ2v) is 12.7. The molecule has 23 heteroatoms. The molecule has 0 aliphatic carbocycles. The van der Waals surface area contributed by atoms with Gasteiger partial charge in [-0.2, -0.15) is 8.42 Å². The Labute approximate surface area is 357 Å². The second kappa shape index (κ2) is 52.5. The minimum absolute atomic E-state index is 0.0254. The number of rotatable bonds is 55. The molecule has 0 heterocycles. The summed E-state index contributed by atoms with van der Waals surface area (Å²) in [5.41, 5.74) is 0. The van der Waals surface area contributed by atoms with Gasteiger partial charge in [0.05, 0.1) is 238 Å². The number of methoxy groups -OCH3 is 1. The summed E-state index contributed by atoms with van der Waals surface area (Å²) in [6, 6.07) is 0. The molecule has 0 aromatic heterocycles. The fraction of sp³-hybridized carbons (Fsp3) is 1.00. The lowest BCUT2D eigenvalue weighted by molar-refractivity contribution is -0.0309. The third-order valence-corrected chi connectivity index (χ3v) is 7.31. The van der Waals surface area contributed by atoms with Crippen LogP contribution in [0.25, 0.3) is 0 Å². The largest absolute Gasteiger partial charge is 0.397 e. The predicted molar refractivity (Wildman–Crippen MR) is 213 cm³/mol. The number of hydrogen-bond acceptors (Lipinski definition) is 21. The minimum atomic E-state index is -4.43. The Bertz CT molecular complexity index is 896. The smallest absolute Gasteiger partial charge is 0.382 e. The van der Waals surface area contributed by atoms with Gasteiger partial charge in [0.2, 0.25) is 0 Å². The fourth-order valence-corrected chi connectivity index (χ4v) is 4.24. The first-order valence-corrected chi connectivity index (χ1v) is 21.8. The number of hydrogen-bond donors (Lipinski definition) is 1. The first-order chi connectivity index (χ1) is 29.6. The highest BCUT2D eigenvalue weighted by atomic mass is 32.3. The van der Waals surface area contributed by atoms with Crippen LogP contribution in [0.1, 0.15) is 0 Å². The topological polar surface area (TPSA) is 230 Å². The van der Waals surface area contributed by atoms with Gasteiger partial charge in [0.1, 0.15) is 0 Å². The maximum Gasteiger partial charge on any atom is 0.397 e. The summed E-state index contributed by atoms with van der Waals surface area (Å²) in [5.74, 6) is 0. The monoisotopic (exact) mass is 904 g/mol. The van der Waals surface area contributed by atoms with Gasteiger partial charge in [-0.15, -0.1) is 0 Å². The Morgan fingerprint density at radius 1 is 0.233 bits per heavy atom. The molecule has 0 aromatic rings. The maximum atomic E-state index is 10.4. The van der Waals surface area contributed by atoms with Crippen molar-refractivity contribution in [2.45, 2.75) is 0 Å². The van der Waals surface area contributed by atoms with Crippen molar-refractivity contribution in [2.75, 3.05) is 245 Å². The highest BCUT2D eigenvalue weighted by Gasteiger charge is 2.03. The van der Waals surface area contributed by atoms with Crippen molar-refractivity contribution in [3.05, 3.63) is 0 Å². The van der Waals surface area contributed by atoms with Crippen LogP contribution in [0.5, 0.6) is 0 Å². The third-order valence-electron chi connectivity index (χ3n) is 6.84. The van der Waals surface area contributed by atoms with E-state index in [1.807, 2.05) is 0 Å². The van der Waals surface area contributed by atoms with Crippen LogP contribution in [0.4, 0.5) is 0 Å². The van der Waals surface area contributed by atoms with Crippen LogP contribution < -0.4 is 0 Å². The molecule has 0 saturated carbocycles. The molecule has 0 bridgehead atoms. The van der Waals surface area contributed by atoms with Gasteiger partial charge in [0, 0.05) is 7.11 Å². The summed E-state index contributed by atoms with van der Waals surface area (Å²) in [5, 5.41) is 0. The molecule has 0 aliphatic heterocycles. The molecule has 0 aliphatic rings. The van der Waals surface area contributed by atoms with Crippen LogP contribution in [0, 0.1) is 0 Å². The van der Waals surface area contributed by atoms with Crippen LogP contribution in [0.15, 0.2) is 0 Å². The van der Waals surface area contributed by atoms with Crippen LogP contribution in [-0.2, 0) is 99.8 Å². The molecule has 362 valence electrons. The molecule has 0 aromatic carbocycles. The lowest BCUT2D eigenvalue weighted by Crippen LogP contribution is -2.16. The molecular formula is C37H76O22S. The van der Waals surface area contributed by atoms with E-state index in [0.717, 1.165) is 0 Å². The highest BCUT2D eigenvalue weighted by molar-refractivity contribution is 7.80. The SMILES string of the molecule is COCCOCCOCCOCCOCCOCCOCCOCCOCCOCCOCCOCCOCCOCCOCCOCCOCCOCCOS(=O)(=O)O. The molecule has 0 rings (SSSR count). The van der Waals surface area contributed by atoms with E-state index in [9.17, 15) is 8.42 Å². The lowest BCUT2D eigenvalue weighted by atomic mass is 10.6. The molecule has 0 amide bonds. The van der Waals surface area contributed by atoms with E-state index < -0.39 is 10.4 Å². The first kappa shape index (κ1) is 59.1. The van der Waals surface area contributed by atoms with Crippen LogP contribution >= 0.6 is 0 Å². The van der Waals surface area contributed by atoms with Gasteiger partial charge in [-0.05, 0) is 0 Å². The van der Waals surface area contributed by atoms with Gasteiger partial charge in [-0.3, -0.25) is 4.55 Å². The molecule has 0 radical (unpaired) electrons. The molecule has 0 spiro atoms. The van der Waals surface area contributed by atoms with E-state index in [2.05, 4.69) is 4.18 Å². The molecule has 0 atom stereocenters. The third kappa shape index (κ3) is 57.1. The lowest BCUT2D eigenvalue weighted by Gasteiger charge is -2.09. The van der Waals surface area contributed by atoms with Gasteiger partial charge in [0.15, 0.2) is 0 Å². The molecule has 60 heavy (non-hydrogen) atoms. The summed E-state index contributed by atoms with van der Waals surface area (Å²) < 4.78 is 130. The molecular weight excluding hydrogens is 828 g/mol. The summed E-state index contributed by atoms with van der Waals surface area (Å²) in [6.45, 7) is 15.9. The van der Waals surface area contributed by atoms with Crippen molar-refractivity contribution in [3.8, 4) is 0 Å². The Morgan fingerprint density at radius 2 is 0.350 bits per heavy atom. The quantitative estimate of drug-likeness (QED) is 0.0612. The zero-order valence-corrected chi connectivity index (χ0v) is 36.7. The summed E-state index contributed by atoms with van der Waals surface area (Å²) >= 11 is 0. The van der Waals surface area contributed by atoms with Gasteiger partial charge in [-0.25, -0.2) is 4.18 Å². The van der Waals surface area contributed by atoms with E-state index in [4.69, 9.17) is 89.8 Å². The minimum Gasteiger partial charge on any atom is -0.382 e. The Balaban J connectivity index is 3.07. The van der Waals surface area contributed by atoms with Gasteiger partial charge < -0.3 is 85.3 Å². The van der Waals surface area contributed by atoms with Crippen molar-refractivity contribution in [1.82, 2.24) is 0 Å². The normalized spacial score (nSPS) is 12.0. The van der Waals surface area contributed by atoms with Crippen molar-refractivity contribution < 1.29 is 102 Å². The van der Waals surface area contributed by atoms with Gasteiger partial charge >= 0.3 is 10.4 Å². The van der Waals surface area contributed by atoms with Crippen molar-refractivity contribution in [2.24, 2.45) is 0 Å². The van der Waals surface area contributed by atoms with Crippen molar-refractivity contribution >= 4 is 10.4 Å². The van der Waals surface area contributed by atoms with E-state index in [1.54, 1.807) is 7.11 Å². The summed E-state index contributed by atoms with van der Waals surface area (Å²) in [7, 11) is -2.79. The summed E-state index contributed by atoms with van der Waals surface area (Å²) in [6.07, 6.45) is 0. The molecule has 22 nitrogen and oxygen atoms in total. The summed E-state index contributed by atoms with van der Waals surface area (Å²) in [4.78, 5) is 0. The second-order valence-electron chi connectivity index (χ2n) is 11.7. The van der Waals surface area contributed by atoms with E-state index >= 15 is 0 Å². The Morgan fingerprint density at radius 3 is 0.467 bits per heavy atom. The van der Waals surface area contributed by atoms with E-state index in [-0.39, 0.29) is 19.8 Å². The Hall–Kier alpha value is -0.850. The standard InChI is InChI=1S/C37H76O22S/c1-41-2-3-42-4-5-43-6-7-44-8-9-45-10-11-46-12-13-47-14-15-48-16-17-49-18-19-50-20-21-51-22-23-52-24-25-53-26-27-54-28-29-55-30-31-56-32-33-57-34-35-58-36-37-59-60(38,39)40/h2-37H2,1H3,(H,38,39,40). The van der Waals surface area contributed by atoms with Crippen molar-refractivity contribution in [1.29, 1.82) is 0 Å². The van der Waals surface area contributed by atoms with Crippen LogP contribution in [0.2, 0.25) is 0 Å². The molecule has 0 unspecified atom stereocenters. The predicted octanol–water partition coefficient (Wildman–Crippen LogP) is -0.266. The zero-order valence-electron chi connectivity index (χ0n) is 35.9. The van der Waals surface area contributed by atoms with E-state index in [0.29, 0.717) is 218 Å². The Kier molecular flexibility index (Phi) is 51.8. The molecule has 0 saturated heterocycles. The van der Waals surface area contributed by atoms with Crippen LogP contribution in [0.3, 0.4) is 0 Å². The molecule has 1 N–H and O–H groups in total. The first-order valence-electron chi connectivity index (χ1n) is 20.5. The van der Waals surface area contributed by atoms with Crippen molar-refractivity contribution in [3.63, 3.8) is 0 Å². The number of ether oxygens (including phenoxy) is 18. The average Bonchev–Trinajstić information content (AvgIpc) is 3.23. The zero-order chi connectivity index (χ0) is 43.4. The van der Waals surface area contributed by atoms with Gasteiger partial charge in [-0.1, -0.05) is 0 Å². The van der Waals surface area contributed by atoms with Gasteiger partial charge in [0.25, 0.3) is 0 Å².